The second-order valence-electron chi connectivity index (χ2n) is 5.66. The summed E-state index contributed by atoms with van der Waals surface area (Å²) < 4.78 is 0. The minimum atomic E-state index is -0.521. The lowest BCUT2D eigenvalue weighted by Gasteiger charge is -2.27. The molecular weight excluding hydrogens is 256 g/mol. The van der Waals surface area contributed by atoms with E-state index in [2.05, 4.69) is 55.2 Å². The molecule has 0 aliphatic rings. The topological polar surface area (TPSA) is 38.9 Å². The fourth-order valence-electron chi connectivity index (χ4n) is 2.82. The SMILES string of the molecule is CCc1ccc(C(C)(N)c2cccc3cnccc23)cc1. The largest absolute Gasteiger partial charge is 0.318 e. The highest BCUT2D eigenvalue weighted by Gasteiger charge is 2.25. The molecule has 2 heteroatoms. The highest BCUT2D eigenvalue weighted by Crippen LogP contribution is 2.32. The molecule has 0 aliphatic carbocycles. The summed E-state index contributed by atoms with van der Waals surface area (Å²) in [5.41, 5.74) is 9.77. The number of benzene rings is 2. The van der Waals surface area contributed by atoms with E-state index in [1.54, 1.807) is 0 Å². The second-order valence-corrected chi connectivity index (χ2v) is 5.66. The molecule has 2 nitrogen and oxygen atoms in total. The zero-order valence-electron chi connectivity index (χ0n) is 12.5. The number of rotatable bonds is 3. The van der Waals surface area contributed by atoms with Crippen LogP contribution in [-0.4, -0.2) is 4.98 Å². The molecule has 2 N–H and O–H groups in total. The Hall–Kier alpha value is -2.19. The molecule has 0 amide bonds. The Morgan fingerprint density at radius 1 is 1.05 bits per heavy atom. The van der Waals surface area contributed by atoms with E-state index < -0.39 is 5.54 Å². The molecule has 1 atom stereocenters. The molecule has 2 aromatic carbocycles. The number of pyridine rings is 1. The highest BCUT2D eigenvalue weighted by molar-refractivity contribution is 5.86. The predicted octanol–water partition coefficient (Wildman–Crippen LogP) is 4.02. The molecule has 1 aromatic heterocycles. The summed E-state index contributed by atoms with van der Waals surface area (Å²) >= 11 is 0. The summed E-state index contributed by atoms with van der Waals surface area (Å²) in [4.78, 5) is 4.19. The van der Waals surface area contributed by atoms with E-state index >= 15 is 0 Å². The molecule has 0 spiro atoms. The van der Waals surface area contributed by atoms with Crippen LogP contribution in [0.3, 0.4) is 0 Å². The lowest BCUT2D eigenvalue weighted by atomic mass is 9.83. The Morgan fingerprint density at radius 3 is 2.52 bits per heavy atom. The summed E-state index contributed by atoms with van der Waals surface area (Å²) in [5, 5.41) is 2.29. The van der Waals surface area contributed by atoms with Crippen LogP contribution in [0.1, 0.15) is 30.5 Å². The quantitative estimate of drug-likeness (QED) is 0.784. The molecule has 0 fully saturated rings. The van der Waals surface area contributed by atoms with Gasteiger partial charge in [-0.05, 0) is 41.5 Å². The maximum Gasteiger partial charge on any atom is 0.0643 e. The van der Waals surface area contributed by atoms with E-state index in [1.165, 1.54) is 5.56 Å². The van der Waals surface area contributed by atoms with Gasteiger partial charge in [0.2, 0.25) is 0 Å². The van der Waals surface area contributed by atoms with Crippen LogP contribution < -0.4 is 5.73 Å². The molecule has 3 aromatic rings. The van der Waals surface area contributed by atoms with E-state index in [1.807, 2.05) is 24.5 Å². The average Bonchev–Trinajstić information content (AvgIpc) is 2.54. The zero-order chi connectivity index (χ0) is 14.9. The van der Waals surface area contributed by atoms with Crippen molar-refractivity contribution in [3.63, 3.8) is 0 Å². The van der Waals surface area contributed by atoms with Gasteiger partial charge in [0.15, 0.2) is 0 Å². The van der Waals surface area contributed by atoms with Gasteiger partial charge in [-0.1, -0.05) is 49.4 Å². The van der Waals surface area contributed by atoms with Crippen LogP contribution >= 0.6 is 0 Å². The van der Waals surface area contributed by atoms with Crippen LogP contribution in [0.15, 0.2) is 60.9 Å². The van der Waals surface area contributed by atoms with Gasteiger partial charge < -0.3 is 5.73 Å². The van der Waals surface area contributed by atoms with E-state index in [4.69, 9.17) is 5.73 Å². The van der Waals surface area contributed by atoms with Crippen molar-refractivity contribution in [2.75, 3.05) is 0 Å². The van der Waals surface area contributed by atoms with Crippen LogP contribution in [0.25, 0.3) is 10.8 Å². The summed E-state index contributed by atoms with van der Waals surface area (Å²) in [6.07, 6.45) is 4.75. The van der Waals surface area contributed by atoms with Crippen molar-refractivity contribution in [2.45, 2.75) is 25.8 Å². The monoisotopic (exact) mass is 276 g/mol. The van der Waals surface area contributed by atoms with Crippen LogP contribution in [0, 0.1) is 0 Å². The van der Waals surface area contributed by atoms with Gasteiger partial charge in [0.1, 0.15) is 0 Å². The second kappa shape index (κ2) is 5.30. The summed E-state index contributed by atoms with van der Waals surface area (Å²) in [6.45, 7) is 4.23. The van der Waals surface area contributed by atoms with Crippen molar-refractivity contribution >= 4 is 10.8 Å². The van der Waals surface area contributed by atoms with Gasteiger partial charge in [-0.2, -0.15) is 0 Å². The number of fused-ring (bicyclic) bond motifs is 1. The van der Waals surface area contributed by atoms with Crippen molar-refractivity contribution in [1.29, 1.82) is 0 Å². The van der Waals surface area contributed by atoms with Crippen molar-refractivity contribution < 1.29 is 0 Å². The van der Waals surface area contributed by atoms with Gasteiger partial charge in [0.25, 0.3) is 0 Å². The summed E-state index contributed by atoms with van der Waals surface area (Å²) in [6, 6.07) is 16.9. The molecule has 3 rings (SSSR count). The number of nitrogens with two attached hydrogens (primary N) is 1. The number of hydrogen-bond acceptors (Lipinski definition) is 2. The van der Waals surface area contributed by atoms with Crippen LogP contribution in [0.4, 0.5) is 0 Å². The van der Waals surface area contributed by atoms with Gasteiger partial charge >= 0.3 is 0 Å². The van der Waals surface area contributed by atoms with Gasteiger partial charge in [-0.15, -0.1) is 0 Å². The average molecular weight is 276 g/mol. The number of aryl methyl sites for hydroxylation is 1. The van der Waals surface area contributed by atoms with Crippen LogP contribution in [-0.2, 0) is 12.0 Å². The first-order valence-corrected chi connectivity index (χ1v) is 7.34. The summed E-state index contributed by atoms with van der Waals surface area (Å²) in [7, 11) is 0. The zero-order valence-corrected chi connectivity index (χ0v) is 12.5. The Morgan fingerprint density at radius 2 is 1.81 bits per heavy atom. The van der Waals surface area contributed by atoms with Gasteiger partial charge in [0, 0.05) is 17.8 Å². The summed E-state index contributed by atoms with van der Waals surface area (Å²) in [5.74, 6) is 0. The van der Waals surface area contributed by atoms with E-state index in [0.717, 1.165) is 28.3 Å². The molecule has 0 aliphatic heterocycles. The molecule has 21 heavy (non-hydrogen) atoms. The van der Waals surface area contributed by atoms with Crippen LogP contribution in [0.2, 0.25) is 0 Å². The number of aromatic nitrogens is 1. The Labute approximate surface area is 125 Å². The number of hydrogen-bond donors (Lipinski definition) is 1. The highest BCUT2D eigenvalue weighted by atomic mass is 14.7. The molecule has 106 valence electrons. The Balaban J connectivity index is 2.14. The van der Waals surface area contributed by atoms with Crippen molar-refractivity contribution in [2.24, 2.45) is 5.73 Å². The molecule has 0 bridgehead atoms. The normalized spacial score (nSPS) is 14.0. The van der Waals surface area contributed by atoms with Gasteiger partial charge in [-0.3, -0.25) is 4.98 Å². The first-order valence-electron chi connectivity index (χ1n) is 7.34. The Bertz CT molecular complexity index is 753. The van der Waals surface area contributed by atoms with Crippen LogP contribution in [0.5, 0.6) is 0 Å². The molecule has 1 unspecified atom stereocenters. The predicted molar refractivity (Wildman–Crippen MR) is 88.2 cm³/mol. The molecular formula is C19H20N2. The third-order valence-corrected chi connectivity index (χ3v) is 4.20. The maximum atomic E-state index is 6.70. The lowest BCUT2D eigenvalue weighted by Crippen LogP contribution is -2.34. The van der Waals surface area contributed by atoms with E-state index in [0.29, 0.717) is 0 Å². The minimum absolute atomic E-state index is 0.521. The molecule has 0 saturated heterocycles. The van der Waals surface area contributed by atoms with Gasteiger partial charge in [-0.25, -0.2) is 0 Å². The first kappa shape index (κ1) is 13.8. The van der Waals surface area contributed by atoms with E-state index in [-0.39, 0.29) is 0 Å². The third kappa shape index (κ3) is 2.43. The first-order chi connectivity index (χ1) is 10.1. The fourth-order valence-corrected chi connectivity index (χ4v) is 2.82. The maximum absolute atomic E-state index is 6.70. The van der Waals surface area contributed by atoms with Crippen molar-refractivity contribution in [3.8, 4) is 0 Å². The van der Waals surface area contributed by atoms with Crippen molar-refractivity contribution in [3.05, 3.63) is 77.6 Å². The lowest BCUT2D eigenvalue weighted by molar-refractivity contribution is 0.608. The Kier molecular flexibility index (Phi) is 3.48. The third-order valence-electron chi connectivity index (χ3n) is 4.20. The van der Waals surface area contributed by atoms with Gasteiger partial charge in [0.05, 0.1) is 5.54 Å². The van der Waals surface area contributed by atoms with Crippen molar-refractivity contribution in [1.82, 2.24) is 4.98 Å². The molecule has 0 radical (unpaired) electrons. The minimum Gasteiger partial charge on any atom is -0.318 e. The standard InChI is InChI=1S/C19H20N2/c1-3-14-7-9-16(10-8-14)19(2,20)18-6-4-5-15-13-21-12-11-17(15)18/h4-13H,3,20H2,1-2H3. The molecule has 1 heterocycles. The van der Waals surface area contributed by atoms with E-state index in [9.17, 15) is 0 Å². The smallest absolute Gasteiger partial charge is 0.0643 e. The number of nitrogens with zero attached hydrogens (tertiary/aromatic N) is 1. The fraction of sp³-hybridized carbons (Fsp3) is 0.211. The molecule has 0 saturated carbocycles.